The number of carbonyl (C=O) groups excluding carboxylic acids is 3. The van der Waals surface area contributed by atoms with Gasteiger partial charge in [0.1, 0.15) is 0 Å². The van der Waals surface area contributed by atoms with Gasteiger partial charge in [0, 0.05) is 44.5 Å². The van der Waals surface area contributed by atoms with Crippen molar-refractivity contribution in [3.63, 3.8) is 0 Å². The molecule has 0 saturated carbocycles. The number of ketones is 2. The first kappa shape index (κ1) is 34.9. The molecule has 0 spiro atoms. The predicted octanol–water partition coefficient (Wildman–Crippen LogP) is 7.72. The summed E-state index contributed by atoms with van der Waals surface area (Å²) in [6.07, 6.45) is 7.42. The van der Waals surface area contributed by atoms with Gasteiger partial charge in [-0.25, -0.2) is 0 Å². The first-order chi connectivity index (χ1) is 21.8. The van der Waals surface area contributed by atoms with Crippen LogP contribution in [-0.2, 0) is 32.0 Å². The summed E-state index contributed by atoms with van der Waals surface area (Å²) in [4.78, 5) is 41.2. The highest BCUT2D eigenvalue weighted by molar-refractivity contribution is 5.98. The Morgan fingerprint density at radius 3 is 2.27 bits per heavy atom. The fourth-order valence-electron chi connectivity index (χ4n) is 4.87. The van der Waals surface area contributed by atoms with Crippen molar-refractivity contribution in [2.45, 2.75) is 46.0 Å². The van der Waals surface area contributed by atoms with Gasteiger partial charge in [-0.05, 0) is 59.7 Å². The fraction of sp³-hybridized carbons (Fsp3) is 0.300. The molecule has 0 aromatic heterocycles. The Morgan fingerprint density at radius 2 is 1.62 bits per heavy atom. The van der Waals surface area contributed by atoms with Gasteiger partial charge in [-0.15, -0.1) is 5.73 Å². The lowest BCUT2D eigenvalue weighted by molar-refractivity contribution is -0.128. The van der Waals surface area contributed by atoms with Crippen molar-refractivity contribution in [2.24, 2.45) is 5.92 Å². The molecule has 0 aliphatic rings. The third-order valence-electron chi connectivity index (χ3n) is 7.77. The summed E-state index contributed by atoms with van der Waals surface area (Å²) in [5, 5.41) is 0. The Bertz CT molecular complexity index is 1510. The topological polar surface area (TPSA) is 63.7 Å². The molecule has 0 aliphatic carbocycles. The molecule has 234 valence electrons. The smallest absolute Gasteiger partial charge is 0.226 e. The van der Waals surface area contributed by atoms with E-state index >= 15 is 0 Å². The summed E-state index contributed by atoms with van der Waals surface area (Å²) in [6, 6.07) is 27.6. The number of ether oxygens (including phenoxy) is 1. The molecule has 45 heavy (non-hydrogen) atoms. The molecule has 1 atom stereocenters. The van der Waals surface area contributed by atoms with Crippen molar-refractivity contribution < 1.29 is 19.1 Å². The van der Waals surface area contributed by atoms with E-state index in [-0.39, 0.29) is 36.2 Å². The lowest BCUT2D eigenvalue weighted by atomic mass is 9.95. The van der Waals surface area contributed by atoms with Crippen molar-refractivity contribution in [2.75, 3.05) is 26.8 Å². The predicted molar refractivity (Wildman–Crippen MR) is 184 cm³/mol. The number of hydrogen-bond acceptors (Lipinski definition) is 4. The molecule has 5 nitrogen and oxygen atoms in total. The molecule has 0 N–H and O–H groups in total. The largest absolute Gasteiger partial charge is 0.381 e. The monoisotopic (exact) mass is 603 g/mol. The quantitative estimate of drug-likeness (QED) is 0.110. The minimum Gasteiger partial charge on any atom is -0.381 e. The zero-order valence-electron chi connectivity index (χ0n) is 26.8. The second-order valence-electron chi connectivity index (χ2n) is 11.0. The summed E-state index contributed by atoms with van der Waals surface area (Å²) in [5.74, 6) is -0.281. The van der Waals surface area contributed by atoms with Crippen LogP contribution in [0.1, 0.15) is 55.4 Å². The number of carbonyl (C=O) groups is 3. The molecule has 0 saturated heterocycles. The van der Waals surface area contributed by atoms with Gasteiger partial charge in [0.25, 0.3) is 0 Å². The average Bonchev–Trinajstić information content (AvgIpc) is 3.08. The lowest BCUT2D eigenvalue weighted by Crippen LogP contribution is -2.28. The first-order valence-electron chi connectivity index (χ1n) is 15.7. The van der Waals surface area contributed by atoms with Crippen LogP contribution in [0.25, 0.3) is 11.6 Å². The molecule has 1 amide bonds. The summed E-state index contributed by atoms with van der Waals surface area (Å²) >= 11 is 0. The van der Waals surface area contributed by atoms with Crippen LogP contribution < -0.4 is 0 Å². The molecule has 0 heterocycles. The molecule has 0 fully saturated rings. The van der Waals surface area contributed by atoms with Crippen LogP contribution in [0.3, 0.4) is 0 Å². The van der Waals surface area contributed by atoms with E-state index < -0.39 is 0 Å². The van der Waals surface area contributed by atoms with Crippen LogP contribution in [0.4, 0.5) is 0 Å². The number of hydrogen-bond donors (Lipinski definition) is 0. The number of likely N-dealkylation sites (N-methyl/N-ethyl adjacent to an activating group) is 1. The van der Waals surface area contributed by atoms with E-state index in [0.717, 1.165) is 28.7 Å². The molecular weight excluding hydrogens is 558 g/mol. The van der Waals surface area contributed by atoms with Crippen LogP contribution in [0.2, 0.25) is 0 Å². The summed E-state index contributed by atoms with van der Waals surface area (Å²) in [6.45, 7) is 9.22. The second kappa shape index (κ2) is 19.0. The Labute approximate surface area is 268 Å². The molecule has 3 rings (SSSR count). The fourth-order valence-corrected chi connectivity index (χ4v) is 4.87. The zero-order valence-corrected chi connectivity index (χ0v) is 26.8. The van der Waals surface area contributed by atoms with Gasteiger partial charge < -0.3 is 9.64 Å². The first-order valence-corrected chi connectivity index (χ1v) is 15.7. The second-order valence-corrected chi connectivity index (χ2v) is 11.0. The highest BCUT2D eigenvalue weighted by Gasteiger charge is 2.16. The Kier molecular flexibility index (Phi) is 14.7. The van der Waals surface area contributed by atoms with E-state index in [9.17, 15) is 14.4 Å². The Balaban J connectivity index is 1.82. The van der Waals surface area contributed by atoms with Gasteiger partial charge in [0.15, 0.2) is 11.6 Å². The Morgan fingerprint density at radius 1 is 0.933 bits per heavy atom. The zero-order chi connectivity index (χ0) is 32.4. The normalized spacial score (nSPS) is 12.0. The average molecular weight is 604 g/mol. The third kappa shape index (κ3) is 11.8. The number of amides is 1. The molecular formula is C40H45NO4. The SMILES string of the molecule is C=C=C(Cc1ccccc1)C(=O)CC=C(CC(=O)N(C)CCc1ccccc1)c1cccc(C=CC(=O)C(CC)COCC)c1. The third-order valence-corrected chi connectivity index (χ3v) is 7.77. The highest BCUT2D eigenvalue weighted by Crippen LogP contribution is 2.23. The van der Waals surface area contributed by atoms with Crippen LogP contribution in [-0.4, -0.2) is 49.2 Å². The number of rotatable bonds is 18. The number of allylic oxidation sites excluding steroid dienone is 3. The van der Waals surface area contributed by atoms with Crippen molar-refractivity contribution in [1.82, 2.24) is 4.90 Å². The summed E-state index contributed by atoms with van der Waals surface area (Å²) in [7, 11) is 1.81. The van der Waals surface area contributed by atoms with E-state index in [2.05, 4.69) is 24.4 Å². The van der Waals surface area contributed by atoms with Crippen LogP contribution in [0, 0.1) is 5.92 Å². The number of benzene rings is 3. The van der Waals surface area contributed by atoms with Crippen LogP contribution in [0.5, 0.6) is 0 Å². The van der Waals surface area contributed by atoms with Gasteiger partial charge in [-0.2, -0.15) is 0 Å². The highest BCUT2D eigenvalue weighted by atomic mass is 16.5. The molecule has 1 unspecified atom stereocenters. The van der Waals surface area contributed by atoms with Gasteiger partial charge in [0.2, 0.25) is 5.91 Å². The van der Waals surface area contributed by atoms with Gasteiger partial charge in [-0.1, -0.05) is 105 Å². The van der Waals surface area contributed by atoms with Crippen molar-refractivity contribution in [3.05, 3.63) is 137 Å². The molecule has 0 aliphatic heterocycles. The lowest BCUT2D eigenvalue weighted by Gasteiger charge is -2.19. The van der Waals surface area contributed by atoms with E-state index in [0.29, 0.717) is 38.2 Å². The number of nitrogens with zero attached hydrogens (tertiary/aromatic N) is 1. The van der Waals surface area contributed by atoms with Crippen molar-refractivity contribution in [3.8, 4) is 0 Å². The van der Waals surface area contributed by atoms with Gasteiger partial charge >= 0.3 is 0 Å². The van der Waals surface area contributed by atoms with Crippen LogP contribution in [0.15, 0.2) is 115 Å². The van der Waals surface area contributed by atoms with Crippen LogP contribution >= 0.6 is 0 Å². The summed E-state index contributed by atoms with van der Waals surface area (Å²) in [5.41, 5.74) is 7.94. The van der Waals surface area contributed by atoms with E-state index in [1.54, 1.807) is 17.1 Å². The van der Waals surface area contributed by atoms with Crippen molar-refractivity contribution >= 4 is 29.1 Å². The van der Waals surface area contributed by atoms with E-state index in [1.165, 1.54) is 5.56 Å². The molecule has 3 aromatic carbocycles. The van der Waals surface area contributed by atoms with E-state index in [4.69, 9.17) is 4.74 Å². The maximum Gasteiger partial charge on any atom is 0.226 e. The maximum absolute atomic E-state index is 13.4. The number of Topliss-reactive ketones (excluding diaryl/α,β-unsaturated/α-hetero) is 1. The minimum absolute atomic E-state index is 0.0232. The molecule has 0 bridgehead atoms. The van der Waals surface area contributed by atoms with E-state index in [1.807, 2.05) is 99.8 Å². The summed E-state index contributed by atoms with van der Waals surface area (Å²) < 4.78 is 5.48. The van der Waals surface area contributed by atoms with Crippen molar-refractivity contribution in [1.29, 1.82) is 0 Å². The Hall–Kier alpha value is -4.57. The molecule has 5 heteroatoms. The molecule has 0 radical (unpaired) electrons. The van der Waals surface area contributed by atoms with Gasteiger partial charge in [0.05, 0.1) is 13.0 Å². The van der Waals surface area contributed by atoms with Gasteiger partial charge in [-0.3, -0.25) is 14.4 Å². The standard InChI is InChI=1S/C40H45NO4/c1-5-34(27-32-17-12-9-13-18-32)38(42)24-22-37(29-40(44)41(4)26-25-31-15-10-8-11-16-31)36-20-14-19-33(28-36)21-23-39(43)35(6-2)30-45-7-3/h8-23,28,35H,1,6-7,24-27,29-30H2,2-4H3. The minimum atomic E-state index is -0.183. The molecule has 3 aromatic rings. The maximum atomic E-state index is 13.4.